The second-order valence-corrected chi connectivity index (χ2v) is 8.35. The molecule has 0 radical (unpaired) electrons. The molecule has 26 heavy (non-hydrogen) atoms. The molecule has 0 N–H and O–H groups in total. The fraction of sp³-hybridized carbons (Fsp3) is 0.429. The van der Waals surface area contributed by atoms with Gasteiger partial charge in [-0.2, -0.15) is 0 Å². The van der Waals surface area contributed by atoms with Gasteiger partial charge in [0.15, 0.2) is 0 Å². The number of aryl methyl sites for hydroxylation is 4. The average molecular weight is 366 g/mol. The molecule has 3 heterocycles. The number of imidazole rings is 1. The van der Waals surface area contributed by atoms with Crippen molar-refractivity contribution in [1.29, 1.82) is 0 Å². The molecule has 0 unspecified atom stereocenters. The molecule has 0 bridgehead atoms. The number of rotatable bonds is 5. The second-order valence-electron chi connectivity index (χ2n) is 7.18. The lowest BCUT2D eigenvalue weighted by molar-refractivity contribution is 0.193. The predicted molar refractivity (Wildman–Crippen MR) is 104 cm³/mol. The summed E-state index contributed by atoms with van der Waals surface area (Å²) in [5.41, 5.74) is 4.99. The minimum Gasteiger partial charge on any atom is -0.381 e. The summed E-state index contributed by atoms with van der Waals surface area (Å²) >= 11 is 1.91. The van der Waals surface area contributed by atoms with Gasteiger partial charge in [0, 0.05) is 35.9 Å². The zero-order chi connectivity index (χ0) is 17.3. The van der Waals surface area contributed by atoms with E-state index in [0.717, 1.165) is 38.3 Å². The van der Waals surface area contributed by atoms with Crippen molar-refractivity contribution in [1.82, 2.24) is 14.5 Å². The van der Waals surface area contributed by atoms with Crippen molar-refractivity contribution in [2.75, 3.05) is 13.2 Å². The van der Waals surface area contributed by atoms with Gasteiger partial charge in [-0.25, -0.2) is 9.97 Å². The SMILES string of the molecule is c1ccc(-c2ncn(CCc3nc4c(s3)CCC4)c2[C@H]2CCOC2)cc1. The van der Waals surface area contributed by atoms with Crippen LogP contribution in [0.4, 0.5) is 0 Å². The second kappa shape index (κ2) is 6.97. The Morgan fingerprint density at radius 1 is 1.19 bits per heavy atom. The van der Waals surface area contributed by atoms with Crippen LogP contribution in [0, 0.1) is 0 Å². The Morgan fingerprint density at radius 3 is 2.92 bits per heavy atom. The highest BCUT2D eigenvalue weighted by molar-refractivity contribution is 7.11. The Labute approximate surface area is 157 Å². The number of aromatic nitrogens is 3. The fourth-order valence-electron chi connectivity index (χ4n) is 4.13. The smallest absolute Gasteiger partial charge is 0.0956 e. The van der Waals surface area contributed by atoms with E-state index in [0.29, 0.717) is 5.92 Å². The van der Waals surface area contributed by atoms with Crippen LogP contribution in [0.15, 0.2) is 36.7 Å². The van der Waals surface area contributed by atoms with E-state index in [1.54, 1.807) is 0 Å². The van der Waals surface area contributed by atoms with Gasteiger partial charge < -0.3 is 9.30 Å². The van der Waals surface area contributed by atoms with Crippen molar-refractivity contribution >= 4 is 11.3 Å². The molecule has 1 saturated heterocycles. The third kappa shape index (κ3) is 2.99. The molecule has 0 amide bonds. The zero-order valence-electron chi connectivity index (χ0n) is 14.9. The summed E-state index contributed by atoms with van der Waals surface area (Å²) in [5, 5.41) is 1.28. The monoisotopic (exact) mass is 365 g/mol. The number of hydrogen-bond donors (Lipinski definition) is 0. The van der Waals surface area contributed by atoms with E-state index < -0.39 is 0 Å². The van der Waals surface area contributed by atoms with Crippen LogP contribution in [-0.2, 0) is 30.5 Å². The van der Waals surface area contributed by atoms with Gasteiger partial charge in [0.05, 0.1) is 35.0 Å². The highest BCUT2D eigenvalue weighted by atomic mass is 32.1. The number of thiazole rings is 1. The maximum Gasteiger partial charge on any atom is 0.0956 e. The molecule has 2 aromatic heterocycles. The Balaban J connectivity index is 1.43. The van der Waals surface area contributed by atoms with Crippen molar-refractivity contribution in [3.8, 4) is 11.3 Å². The highest BCUT2D eigenvalue weighted by Crippen LogP contribution is 2.34. The van der Waals surface area contributed by atoms with Crippen molar-refractivity contribution in [3.63, 3.8) is 0 Å². The van der Waals surface area contributed by atoms with E-state index >= 15 is 0 Å². The highest BCUT2D eigenvalue weighted by Gasteiger charge is 2.26. The average Bonchev–Trinajstić information content (AvgIpc) is 3.42. The molecular weight excluding hydrogens is 342 g/mol. The van der Waals surface area contributed by atoms with Crippen molar-refractivity contribution in [2.45, 2.75) is 44.6 Å². The number of benzene rings is 1. The largest absolute Gasteiger partial charge is 0.381 e. The van der Waals surface area contributed by atoms with Crippen LogP contribution in [0.1, 0.15) is 40.0 Å². The van der Waals surface area contributed by atoms with Gasteiger partial charge >= 0.3 is 0 Å². The van der Waals surface area contributed by atoms with Gasteiger partial charge in [-0.1, -0.05) is 30.3 Å². The first-order chi connectivity index (χ1) is 12.9. The maximum atomic E-state index is 5.68. The zero-order valence-corrected chi connectivity index (χ0v) is 15.7. The summed E-state index contributed by atoms with van der Waals surface area (Å²) in [5.74, 6) is 0.439. The minimum absolute atomic E-state index is 0.439. The lowest BCUT2D eigenvalue weighted by Gasteiger charge is -2.14. The third-order valence-corrected chi connectivity index (χ3v) is 6.67. The van der Waals surface area contributed by atoms with Gasteiger partial charge in [-0.3, -0.25) is 0 Å². The molecule has 3 aromatic rings. The van der Waals surface area contributed by atoms with Crippen molar-refractivity contribution in [2.24, 2.45) is 0 Å². The van der Waals surface area contributed by atoms with Crippen LogP contribution in [0.2, 0.25) is 0 Å². The summed E-state index contributed by atoms with van der Waals surface area (Å²) in [6, 6.07) is 10.5. The lowest BCUT2D eigenvalue weighted by atomic mass is 9.99. The minimum atomic E-state index is 0.439. The van der Waals surface area contributed by atoms with Crippen molar-refractivity contribution < 1.29 is 4.74 Å². The van der Waals surface area contributed by atoms with Gasteiger partial charge in [0.25, 0.3) is 0 Å². The van der Waals surface area contributed by atoms with E-state index in [1.807, 2.05) is 17.7 Å². The number of ether oxygens (including phenoxy) is 1. The van der Waals surface area contributed by atoms with Crippen LogP contribution in [0.5, 0.6) is 0 Å². The first-order valence-electron chi connectivity index (χ1n) is 9.54. The van der Waals surface area contributed by atoms with Gasteiger partial charge in [0.1, 0.15) is 0 Å². The van der Waals surface area contributed by atoms with E-state index in [1.165, 1.54) is 46.1 Å². The maximum absolute atomic E-state index is 5.68. The number of nitrogens with zero attached hydrogens (tertiary/aromatic N) is 3. The Kier molecular flexibility index (Phi) is 4.35. The molecule has 0 spiro atoms. The van der Waals surface area contributed by atoms with Gasteiger partial charge in [-0.15, -0.1) is 11.3 Å². The summed E-state index contributed by atoms with van der Waals surface area (Å²) in [7, 11) is 0. The summed E-state index contributed by atoms with van der Waals surface area (Å²) < 4.78 is 8.02. The van der Waals surface area contributed by atoms with Gasteiger partial charge in [0.2, 0.25) is 0 Å². The quantitative estimate of drug-likeness (QED) is 0.679. The van der Waals surface area contributed by atoms with E-state index in [2.05, 4.69) is 34.9 Å². The predicted octanol–water partition coefficient (Wildman–Crippen LogP) is 4.24. The molecule has 1 atom stereocenters. The van der Waals surface area contributed by atoms with E-state index in [-0.39, 0.29) is 0 Å². The van der Waals surface area contributed by atoms with Crippen LogP contribution in [-0.4, -0.2) is 27.7 Å². The van der Waals surface area contributed by atoms with Crippen LogP contribution >= 0.6 is 11.3 Å². The molecular formula is C21H23N3OS. The molecule has 134 valence electrons. The number of fused-ring (bicyclic) bond motifs is 1. The molecule has 1 aliphatic carbocycles. The first-order valence-corrected chi connectivity index (χ1v) is 10.4. The van der Waals surface area contributed by atoms with Crippen LogP contribution in [0.25, 0.3) is 11.3 Å². The molecule has 1 aliphatic heterocycles. The topological polar surface area (TPSA) is 39.9 Å². The molecule has 5 rings (SSSR count). The third-order valence-electron chi connectivity index (χ3n) is 5.45. The molecule has 5 heteroatoms. The molecule has 1 fully saturated rings. The molecule has 4 nitrogen and oxygen atoms in total. The Bertz CT molecular complexity index is 872. The van der Waals surface area contributed by atoms with E-state index in [9.17, 15) is 0 Å². The summed E-state index contributed by atoms with van der Waals surface area (Å²) in [4.78, 5) is 11.2. The van der Waals surface area contributed by atoms with Crippen molar-refractivity contribution in [3.05, 3.63) is 57.9 Å². The summed E-state index contributed by atoms with van der Waals surface area (Å²) in [6.07, 6.45) is 7.75. The Hall–Kier alpha value is -1.98. The lowest BCUT2D eigenvalue weighted by Crippen LogP contribution is -2.10. The standard InChI is InChI=1S/C21H23N3OS/c1-2-5-15(6-3-1)20-21(16-10-12-25-13-16)24(14-22-20)11-9-19-23-17-7-4-8-18(17)26-19/h1-3,5-6,14,16H,4,7-13H2/t16-/m0/s1. The number of hydrogen-bond acceptors (Lipinski definition) is 4. The molecule has 0 saturated carbocycles. The summed E-state index contributed by atoms with van der Waals surface area (Å²) in [6.45, 7) is 2.60. The van der Waals surface area contributed by atoms with E-state index in [4.69, 9.17) is 14.7 Å². The molecule has 1 aromatic carbocycles. The van der Waals surface area contributed by atoms with Gasteiger partial charge in [-0.05, 0) is 25.7 Å². The first kappa shape index (κ1) is 16.2. The normalized spacial score (nSPS) is 19.2. The molecule has 2 aliphatic rings. The fourth-order valence-corrected chi connectivity index (χ4v) is 5.28. The van der Waals surface area contributed by atoms with Crippen LogP contribution < -0.4 is 0 Å². The van der Waals surface area contributed by atoms with Crippen LogP contribution in [0.3, 0.4) is 0 Å². The Morgan fingerprint density at radius 2 is 2.12 bits per heavy atom.